The van der Waals surface area contributed by atoms with E-state index in [0.29, 0.717) is 12.5 Å². The van der Waals surface area contributed by atoms with E-state index in [1.807, 2.05) is 22.4 Å². The second kappa shape index (κ2) is 5.35. The lowest BCUT2D eigenvalue weighted by atomic mass is 10.2. The summed E-state index contributed by atoms with van der Waals surface area (Å²) in [6.45, 7) is 4.82. The average molecular weight is 264 g/mol. The van der Waals surface area contributed by atoms with Gasteiger partial charge in [0.25, 0.3) is 0 Å². The lowest BCUT2D eigenvalue weighted by Gasteiger charge is -2.24. The maximum absolute atomic E-state index is 11.0. The first-order valence-electron chi connectivity index (χ1n) is 5.87. The highest BCUT2D eigenvalue weighted by atomic mass is 32.1. The molecule has 0 aliphatic carbocycles. The van der Waals surface area contributed by atoms with E-state index in [0.717, 1.165) is 15.9 Å². The Morgan fingerprint density at radius 2 is 2.28 bits per heavy atom. The monoisotopic (exact) mass is 264 g/mol. The molecule has 2 aromatic rings. The average Bonchev–Trinajstić information content (AvgIpc) is 2.74. The van der Waals surface area contributed by atoms with Gasteiger partial charge < -0.3 is 10.0 Å². The molecule has 0 aliphatic heterocycles. The van der Waals surface area contributed by atoms with Crippen molar-refractivity contribution in [2.24, 2.45) is 5.92 Å². The lowest BCUT2D eigenvalue weighted by Crippen LogP contribution is -2.33. The SMILES string of the molecule is CC(C)CN(CC(=O)O)c1nccc2sccc12. The number of pyridine rings is 1. The predicted molar refractivity (Wildman–Crippen MR) is 74.3 cm³/mol. The van der Waals surface area contributed by atoms with Gasteiger partial charge in [-0.05, 0) is 23.4 Å². The van der Waals surface area contributed by atoms with E-state index in [1.165, 1.54) is 0 Å². The molecule has 2 rings (SSSR count). The number of thiophene rings is 1. The Balaban J connectivity index is 2.39. The second-order valence-corrected chi connectivity index (χ2v) is 5.58. The third-order valence-electron chi connectivity index (χ3n) is 2.57. The Morgan fingerprint density at radius 1 is 1.50 bits per heavy atom. The molecule has 2 aromatic heterocycles. The van der Waals surface area contributed by atoms with Crippen LogP contribution in [-0.2, 0) is 4.79 Å². The maximum Gasteiger partial charge on any atom is 0.323 e. The third kappa shape index (κ3) is 2.79. The second-order valence-electron chi connectivity index (χ2n) is 4.64. The zero-order chi connectivity index (χ0) is 13.1. The standard InChI is InChI=1S/C13H16N2O2S/c1-9(2)7-15(8-12(16)17)13-10-4-6-18-11(10)3-5-14-13/h3-6,9H,7-8H2,1-2H3,(H,16,17). The number of aromatic nitrogens is 1. The first kappa shape index (κ1) is 12.8. The summed E-state index contributed by atoms with van der Waals surface area (Å²) in [7, 11) is 0. The zero-order valence-corrected chi connectivity index (χ0v) is 11.3. The molecule has 0 amide bonds. The molecule has 1 N–H and O–H groups in total. The molecule has 0 bridgehead atoms. The van der Waals surface area contributed by atoms with Crippen molar-refractivity contribution in [3.05, 3.63) is 23.7 Å². The van der Waals surface area contributed by atoms with E-state index in [4.69, 9.17) is 5.11 Å². The minimum atomic E-state index is -0.829. The fraction of sp³-hybridized carbons (Fsp3) is 0.385. The largest absolute Gasteiger partial charge is 0.480 e. The normalized spacial score (nSPS) is 11.1. The van der Waals surface area contributed by atoms with E-state index in [1.54, 1.807) is 17.5 Å². The number of hydrogen-bond donors (Lipinski definition) is 1. The van der Waals surface area contributed by atoms with Crippen LogP contribution in [0.3, 0.4) is 0 Å². The quantitative estimate of drug-likeness (QED) is 0.902. The molecule has 0 saturated heterocycles. The summed E-state index contributed by atoms with van der Waals surface area (Å²) in [6.07, 6.45) is 1.74. The van der Waals surface area contributed by atoms with Crippen LogP contribution in [0.25, 0.3) is 10.1 Å². The lowest BCUT2D eigenvalue weighted by molar-refractivity contribution is -0.135. The van der Waals surface area contributed by atoms with Gasteiger partial charge in [-0.25, -0.2) is 4.98 Å². The molecular formula is C13H16N2O2S. The van der Waals surface area contributed by atoms with Crippen molar-refractivity contribution in [3.63, 3.8) is 0 Å². The van der Waals surface area contributed by atoms with Crippen LogP contribution in [0.1, 0.15) is 13.8 Å². The van der Waals surface area contributed by atoms with Crippen molar-refractivity contribution in [3.8, 4) is 0 Å². The topological polar surface area (TPSA) is 53.4 Å². The highest BCUT2D eigenvalue weighted by molar-refractivity contribution is 7.17. The van der Waals surface area contributed by atoms with Gasteiger partial charge in [-0.3, -0.25) is 4.79 Å². The molecule has 0 spiro atoms. The summed E-state index contributed by atoms with van der Waals surface area (Å²) in [4.78, 5) is 17.2. The first-order valence-corrected chi connectivity index (χ1v) is 6.75. The van der Waals surface area contributed by atoms with Gasteiger partial charge in [0.05, 0.1) is 0 Å². The number of anilines is 1. The zero-order valence-electron chi connectivity index (χ0n) is 10.5. The summed E-state index contributed by atoms with van der Waals surface area (Å²) >= 11 is 1.64. The molecule has 0 aliphatic rings. The molecule has 0 aromatic carbocycles. The fourth-order valence-electron chi connectivity index (χ4n) is 1.96. The minimum absolute atomic E-state index is 0.0138. The van der Waals surface area contributed by atoms with Crippen molar-refractivity contribution < 1.29 is 9.90 Å². The number of carbonyl (C=O) groups is 1. The number of rotatable bonds is 5. The summed E-state index contributed by atoms with van der Waals surface area (Å²) < 4.78 is 1.14. The highest BCUT2D eigenvalue weighted by Gasteiger charge is 2.16. The number of nitrogens with zero attached hydrogens (tertiary/aromatic N) is 2. The summed E-state index contributed by atoms with van der Waals surface area (Å²) in [5, 5.41) is 12.0. The van der Waals surface area contributed by atoms with Crippen LogP contribution in [0.15, 0.2) is 23.7 Å². The predicted octanol–water partition coefficient (Wildman–Crippen LogP) is 2.84. The molecule has 2 heterocycles. The van der Waals surface area contributed by atoms with Gasteiger partial charge in [0.15, 0.2) is 0 Å². The van der Waals surface area contributed by atoms with Crippen LogP contribution in [-0.4, -0.2) is 29.1 Å². The van der Waals surface area contributed by atoms with Crippen LogP contribution in [0.4, 0.5) is 5.82 Å². The van der Waals surface area contributed by atoms with Crippen LogP contribution in [0.2, 0.25) is 0 Å². The Bertz CT molecular complexity index is 551. The van der Waals surface area contributed by atoms with Gasteiger partial charge in [-0.2, -0.15) is 0 Å². The fourth-order valence-corrected chi connectivity index (χ4v) is 2.74. The van der Waals surface area contributed by atoms with Crippen LogP contribution < -0.4 is 4.90 Å². The molecule has 4 nitrogen and oxygen atoms in total. The summed E-state index contributed by atoms with van der Waals surface area (Å²) in [5.41, 5.74) is 0. The molecule has 18 heavy (non-hydrogen) atoms. The van der Waals surface area contributed by atoms with Crippen LogP contribution in [0, 0.1) is 5.92 Å². The molecule has 0 fully saturated rings. The van der Waals surface area contributed by atoms with Crippen LogP contribution in [0.5, 0.6) is 0 Å². The van der Waals surface area contributed by atoms with E-state index in [9.17, 15) is 4.79 Å². The Morgan fingerprint density at radius 3 is 2.94 bits per heavy atom. The van der Waals surface area contributed by atoms with Crippen molar-refractivity contribution >= 4 is 33.2 Å². The molecule has 0 saturated carbocycles. The maximum atomic E-state index is 11.0. The number of carboxylic acid groups (broad SMARTS) is 1. The molecule has 0 radical (unpaired) electrons. The van der Waals surface area contributed by atoms with Crippen molar-refractivity contribution in [2.75, 3.05) is 18.0 Å². The summed E-state index contributed by atoms with van der Waals surface area (Å²) in [5.74, 6) is 0.328. The van der Waals surface area contributed by atoms with Crippen molar-refractivity contribution in [1.82, 2.24) is 4.98 Å². The molecule has 96 valence electrons. The minimum Gasteiger partial charge on any atom is -0.480 e. The van der Waals surface area contributed by atoms with Gasteiger partial charge in [-0.1, -0.05) is 13.8 Å². The highest BCUT2D eigenvalue weighted by Crippen LogP contribution is 2.28. The number of hydrogen-bond acceptors (Lipinski definition) is 4. The van der Waals surface area contributed by atoms with Crippen LogP contribution >= 0.6 is 11.3 Å². The number of aliphatic carboxylic acids is 1. The van der Waals surface area contributed by atoms with Crippen molar-refractivity contribution in [2.45, 2.75) is 13.8 Å². The third-order valence-corrected chi connectivity index (χ3v) is 3.45. The van der Waals surface area contributed by atoms with Gasteiger partial charge in [-0.15, -0.1) is 11.3 Å². The van der Waals surface area contributed by atoms with Crippen molar-refractivity contribution in [1.29, 1.82) is 0 Å². The smallest absolute Gasteiger partial charge is 0.323 e. The Kier molecular flexibility index (Phi) is 3.81. The number of fused-ring (bicyclic) bond motifs is 1. The Hall–Kier alpha value is -1.62. The molecular weight excluding hydrogens is 248 g/mol. The van der Waals surface area contributed by atoms with Gasteiger partial charge in [0.2, 0.25) is 0 Å². The molecule has 0 unspecified atom stereocenters. The first-order chi connectivity index (χ1) is 8.58. The molecule has 0 atom stereocenters. The van der Waals surface area contributed by atoms with Gasteiger partial charge >= 0.3 is 5.97 Å². The van der Waals surface area contributed by atoms with E-state index < -0.39 is 5.97 Å². The van der Waals surface area contributed by atoms with E-state index in [-0.39, 0.29) is 6.54 Å². The van der Waals surface area contributed by atoms with Gasteiger partial charge in [0, 0.05) is 22.8 Å². The Labute approximate surface area is 110 Å². The molecule has 5 heteroatoms. The number of carboxylic acids is 1. The van der Waals surface area contributed by atoms with Gasteiger partial charge in [0.1, 0.15) is 12.4 Å². The summed E-state index contributed by atoms with van der Waals surface area (Å²) in [6, 6.07) is 3.95. The van der Waals surface area contributed by atoms with E-state index >= 15 is 0 Å². The van der Waals surface area contributed by atoms with E-state index in [2.05, 4.69) is 18.8 Å².